The maximum atomic E-state index is 11.2. The molecule has 33 heavy (non-hydrogen) atoms. The van der Waals surface area contributed by atoms with E-state index < -0.39 is 11.7 Å². The fraction of sp³-hybridized carbons (Fsp3) is 0.207. The normalized spacial score (nSPS) is 12.6. The van der Waals surface area contributed by atoms with E-state index in [0.717, 1.165) is 44.4 Å². The van der Waals surface area contributed by atoms with E-state index in [1.807, 2.05) is 72.8 Å². The van der Waals surface area contributed by atoms with Crippen LogP contribution in [0.25, 0.3) is 28.2 Å². The van der Waals surface area contributed by atoms with Gasteiger partial charge in [-0.1, -0.05) is 78.9 Å². The smallest absolute Gasteiger partial charge is 0.0843 e. The summed E-state index contributed by atoms with van der Waals surface area (Å²) in [5.41, 5.74) is 5.14. The largest absolute Gasteiger partial charge is 0.388 e. The molecule has 0 aliphatic rings. The fourth-order valence-corrected chi connectivity index (χ4v) is 4.51. The Morgan fingerprint density at radius 3 is 2.55 bits per heavy atom. The standard InChI is InChI=1S/C29H28ClNO2/c1-4-19-9-7-10-23(27(32)17-14-20-8-5-6-11-24(20)29(2,3)33)28(19)25-16-13-21-12-15-22(30)18-26(21)31-25/h4-13,15-16,18,27,32-33H,1,14,17H2,2-3H3/t27-/m1/s1. The van der Waals surface area contributed by atoms with Gasteiger partial charge in [0, 0.05) is 16.0 Å². The number of halogens is 1. The third kappa shape index (κ3) is 5.01. The van der Waals surface area contributed by atoms with Gasteiger partial charge in [0.25, 0.3) is 0 Å². The van der Waals surface area contributed by atoms with Crippen LogP contribution < -0.4 is 0 Å². The number of aliphatic hydroxyl groups is 2. The van der Waals surface area contributed by atoms with Crippen molar-refractivity contribution in [3.05, 3.63) is 107 Å². The van der Waals surface area contributed by atoms with E-state index in [9.17, 15) is 10.2 Å². The van der Waals surface area contributed by atoms with E-state index in [2.05, 4.69) is 6.58 Å². The summed E-state index contributed by atoms with van der Waals surface area (Å²) in [7, 11) is 0. The molecular formula is C29H28ClNO2. The maximum absolute atomic E-state index is 11.2. The molecule has 0 fully saturated rings. The predicted molar refractivity (Wildman–Crippen MR) is 137 cm³/mol. The summed E-state index contributed by atoms with van der Waals surface area (Å²) >= 11 is 6.19. The minimum atomic E-state index is -0.939. The van der Waals surface area contributed by atoms with Crippen LogP contribution in [0.15, 0.2) is 79.4 Å². The van der Waals surface area contributed by atoms with E-state index in [1.54, 1.807) is 19.9 Å². The van der Waals surface area contributed by atoms with E-state index in [1.165, 1.54) is 0 Å². The molecule has 4 heteroatoms. The number of nitrogens with zero attached hydrogens (tertiary/aromatic N) is 1. The number of hydrogen-bond acceptors (Lipinski definition) is 3. The van der Waals surface area contributed by atoms with Crippen molar-refractivity contribution in [2.75, 3.05) is 0 Å². The molecule has 0 aliphatic carbocycles. The van der Waals surface area contributed by atoms with Crippen LogP contribution in [0, 0.1) is 0 Å². The van der Waals surface area contributed by atoms with Crippen LogP contribution in [0.5, 0.6) is 0 Å². The van der Waals surface area contributed by atoms with Gasteiger partial charge in [0.2, 0.25) is 0 Å². The molecule has 3 nitrogen and oxygen atoms in total. The highest BCUT2D eigenvalue weighted by Crippen LogP contribution is 2.35. The van der Waals surface area contributed by atoms with Gasteiger partial charge in [-0.3, -0.25) is 0 Å². The number of pyridine rings is 1. The Morgan fingerprint density at radius 2 is 1.79 bits per heavy atom. The van der Waals surface area contributed by atoms with Gasteiger partial charge in [-0.25, -0.2) is 4.98 Å². The molecule has 1 atom stereocenters. The lowest BCUT2D eigenvalue weighted by Crippen LogP contribution is -2.18. The van der Waals surface area contributed by atoms with Gasteiger partial charge in [-0.15, -0.1) is 0 Å². The monoisotopic (exact) mass is 457 g/mol. The molecule has 4 aromatic rings. The van der Waals surface area contributed by atoms with Gasteiger partial charge < -0.3 is 10.2 Å². The Balaban J connectivity index is 1.71. The molecule has 0 bridgehead atoms. The van der Waals surface area contributed by atoms with Crippen molar-refractivity contribution < 1.29 is 10.2 Å². The molecule has 3 aromatic carbocycles. The SMILES string of the molecule is C=Cc1cccc([C@H](O)CCc2ccccc2C(C)(C)O)c1-c1ccc2ccc(Cl)cc2n1. The summed E-state index contributed by atoms with van der Waals surface area (Å²) in [6.07, 6.45) is 2.24. The number of aliphatic hydroxyl groups excluding tert-OH is 1. The molecule has 4 rings (SSSR count). The van der Waals surface area contributed by atoms with Crippen LogP contribution in [0.2, 0.25) is 5.02 Å². The number of aromatic nitrogens is 1. The van der Waals surface area contributed by atoms with E-state index >= 15 is 0 Å². The van der Waals surface area contributed by atoms with Crippen LogP contribution in [-0.4, -0.2) is 15.2 Å². The van der Waals surface area contributed by atoms with Gasteiger partial charge in [0.1, 0.15) is 0 Å². The van der Waals surface area contributed by atoms with Gasteiger partial charge in [0.15, 0.2) is 0 Å². The third-order valence-corrected chi connectivity index (χ3v) is 6.22. The summed E-state index contributed by atoms with van der Waals surface area (Å²) in [6, 6.07) is 23.3. The molecule has 0 spiro atoms. The molecule has 1 aromatic heterocycles. The van der Waals surface area contributed by atoms with Gasteiger partial charge in [-0.05, 0) is 67.1 Å². The highest BCUT2D eigenvalue weighted by molar-refractivity contribution is 6.31. The van der Waals surface area contributed by atoms with Crippen LogP contribution in [0.1, 0.15) is 48.6 Å². The number of benzene rings is 3. The highest BCUT2D eigenvalue weighted by Gasteiger charge is 2.21. The quantitative estimate of drug-likeness (QED) is 0.311. The summed E-state index contributed by atoms with van der Waals surface area (Å²) in [4.78, 5) is 4.85. The molecule has 0 unspecified atom stereocenters. The van der Waals surface area contributed by atoms with Crippen molar-refractivity contribution in [2.24, 2.45) is 0 Å². The molecule has 1 heterocycles. The molecular weight excluding hydrogens is 430 g/mol. The number of hydrogen-bond donors (Lipinski definition) is 2. The van der Waals surface area contributed by atoms with Crippen molar-refractivity contribution in [3.8, 4) is 11.3 Å². The summed E-state index contributed by atoms with van der Waals surface area (Å²) in [6.45, 7) is 7.53. The van der Waals surface area contributed by atoms with Crippen LogP contribution >= 0.6 is 11.6 Å². The first-order chi connectivity index (χ1) is 15.8. The van der Waals surface area contributed by atoms with Crippen molar-refractivity contribution in [2.45, 2.75) is 38.4 Å². The molecule has 0 amide bonds. The Hall–Kier alpha value is -2.98. The summed E-state index contributed by atoms with van der Waals surface area (Å²) in [5, 5.41) is 23.4. The molecule has 0 saturated carbocycles. The van der Waals surface area contributed by atoms with Crippen LogP contribution in [-0.2, 0) is 12.0 Å². The number of fused-ring (bicyclic) bond motifs is 1. The lowest BCUT2D eigenvalue weighted by Gasteiger charge is -2.23. The third-order valence-electron chi connectivity index (χ3n) is 5.98. The van der Waals surface area contributed by atoms with Crippen molar-refractivity contribution in [1.29, 1.82) is 0 Å². The molecule has 0 aliphatic heterocycles. The van der Waals surface area contributed by atoms with Crippen molar-refractivity contribution in [1.82, 2.24) is 4.98 Å². The number of aryl methyl sites for hydroxylation is 1. The van der Waals surface area contributed by atoms with E-state index in [-0.39, 0.29) is 0 Å². The van der Waals surface area contributed by atoms with Gasteiger partial charge in [-0.2, -0.15) is 0 Å². The lowest BCUT2D eigenvalue weighted by molar-refractivity contribution is 0.0772. The van der Waals surface area contributed by atoms with Gasteiger partial charge in [0.05, 0.1) is 22.9 Å². The first-order valence-corrected chi connectivity index (χ1v) is 11.5. The lowest BCUT2D eigenvalue weighted by atomic mass is 9.88. The first kappa shape index (κ1) is 23.2. The Morgan fingerprint density at radius 1 is 1.03 bits per heavy atom. The van der Waals surface area contributed by atoms with Crippen LogP contribution in [0.3, 0.4) is 0 Å². The van der Waals surface area contributed by atoms with E-state index in [4.69, 9.17) is 16.6 Å². The van der Waals surface area contributed by atoms with E-state index in [0.29, 0.717) is 17.9 Å². The second-order valence-corrected chi connectivity index (χ2v) is 9.26. The second kappa shape index (κ2) is 9.48. The summed E-state index contributed by atoms with van der Waals surface area (Å²) < 4.78 is 0. The molecule has 2 N–H and O–H groups in total. The topological polar surface area (TPSA) is 53.4 Å². The second-order valence-electron chi connectivity index (χ2n) is 8.82. The molecule has 0 radical (unpaired) electrons. The highest BCUT2D eigenvalue weighted by atomic mass is 35.5. The molecule has 0 saturated heterocycles. The Labute approximate surface area is 200 Å². The van der Waals surface area contributed by atoms with Crippen molar-refractivity contribution >= 4 is 28.6 Å². The average molecular weight is 458 g/mol. The predicted octanol–water partition coefficient (Wildman–Crippen LogP) is 7.09. The zero-order valence-electron chi connectivity index (χ0n) is 18.9. The van der Waals surface area contributed by atoms with Crippen LogP contribution in [0.4, 0.5) is 0 Å². The zero-order chi connectivity index (χ0) is 23.6. The Kier molecular flexibility index (Phi) is 6.66. The minimum Gasteiger partial charge on any atom is -0.388 e. The fourth-order valence-electron chi connectivity index (χ4n) is 4.34. The molecule has 168 valence electrons. The number of rotatable bonds is 7. The average Bonchev–Trinajstić information content (AvgIpc) is 2.81. The first-order valence-electron chi connectivity index (χ1n) is 11.1. The van der Waals surface area contributed by atoms with Gasteiger partial charge >= 0.3 is 0 Å². The maximum Gasteiger partial charge on any atom is 0.0843 e. The summed E-state index contributed by atoms with van der Waals surface area (Å²) in [5.74, 6) is 0. The Bertz CT molecular complexity index is 1310. The van der Waals surface area contributed by atoms with Crippen molar-refractivity contribution in [3.63, 3.8) is 0 Å². The minimum absolute atomic E-state index is 0.514. The zero-order valence-corrected chi connectivity index (χ0v) is 19.7.